The summed E-state index contributed by atoms with van der Waals surface area (Å²) in [6.07, 6.45) is 1.47. The van der Waals surface area contributed by atoms with E-state index in [-0.39, 0.29) is 13.2 Å². The Kier molecular flexibility index (Phi) is 9.15. The summed E-state index contributed by atoms with van der Waals surface area (Å²) in [6, 6.07) is 9.88. The van der Waals surface area contributed by atoms with Crippen LogP contribution in [0.25, 0.3) is 0 Å². The molecule has 0 aliphatic carbocycles. The lowest BCUT2D eigenvalue weighted by molar-refractivity contribution is -0.145. The fraction of sp³-hybridized carbons (Fsp3) is 0.318. The first kappa shape index (κ1) is 23.5. The van der Waals surface area contributed by atoms with Crippen molar-refractivity contribution in [3.05, 3.63) is 47.5 Å². The number of amides is 1. The predicted molar refractivity (Wildman–Crippen MR) is 114 cm³/mol. The first-order valence-electron chi connectivity index (χ1n) is 9.62. The van der Waals surface area contributed by atoms with E-state index in [1.807, 2.05) is 6.92 Å². The average molecular weight is 430 g/mol. The van der Waals surface area contributed by atoms with E-state index < -0.39 is 11.9 Å². The Morgan fingerprint density at radius 2 is 1.65 bits per heavy atom. The van der Waals surface area contributed by atoms with Crippen molar-refractivity contribution >= 4 is 18.1 Å². The van der Waals surface area contributed by atoms with Gasteiger partial charge in [0.25, 0.3) is 5.91 Å². The van der Waals surface area contributed by atoms with Crippen molar-refractivity contribution in [1.82, 2.24) is 5.43 Å². The summed E-state index contributed by atoms with van der Waals surface area (Å²) in [7, 11) is 3.01. The molecule has 2 rings (SSSR count). The minimum absolute atomic E-state index is 0.221. The fourth-order valence-corrected chi connectivity index (χ4v) is 2.50. The van der Waals surface area contributed by atoms with Gasteiger partial charge in [0.05, 0.1) is 33.6 Å². The van der Waals surface area contributed by atoms with Gasteiger partial charge in [0.1, 0.15) is 11.5 Å². The van der Waals surface area contributed by atoms with E-state index in [1.165, 1.54) is 20.4 Å². The van der Waals surface area contributed by atoms with Crippen LogP contribution >= 0.6 is 0 Å². The number of hydrogen-bond donors (Lipinski definition) is 1. The van der Waals surface area contributed by atoms with Crippen molar-refractivity contribution in [2.24, 2.45) is 5.10 Å². The highest BCUT2D eigenvalue weighted by molar-refractivity contribution is 5.95. The maximum absolute atomic E-state index is 12.4. The van der Waals surface area contributed by atoms with Gasteiger partial charge in [-0.3, -0.25) is 4.79 Å². The molecular formula is C22H26N2O7. The molecule has 2 aromatic carbocycles. The van der Waals surface area contributed by atoms with Gasteiger partial charge in [-0.15, -0.1) is 0 Å². The number of hydrazone groups is 1. The van der Waals surface area contributed by atoms with E-state index in [0.29, 0.717) is 40.7 Å². The predicted octanol–water partition coefficient (Wildman–Crippen LogP) is 2.81. The van der Waals surface area contributed by atoms with Gasteiger partial charge < -0.3 is 23.7 Å². The maximum Gasteiger partial charge on any atom is 0.344 e. The van der Waals surface area contributed by atoms with Crippen LogP contribution in [0.3, 0.4) is 0 Å². The van der Waals surface area contributed by atoms with Gasteiger partial charge in [-0.25, -0.2) is 10.2 Å². The molecule has 0 atom stereocenters. The molecule has 166 valence electrons. The Labute approximate surface area is 180 Å². The van der Waals surface area contributed by atoms with Gasteiger partial charge in [0, 0.05) is 11.6 Å². The quantitative estimate of drug-likeness (QED) is 0.332. The molecule has 0 aliphatic rings. The molecule has 0 radical (unpaired) electrons. The molecule has 0 saturated carbocycles. The normalized spacial score (nSPS) is 10.5. The topological polar surface area (TPSA) is 105 Å². The molecule has 0 saturated heterocycles. The lowest BCUT2D eigenvalue weighted by atomic mass is 10.2. The number of hydrogen-bond acceptors (Lipinski definition) is 8. The SMILES string of the molecule is CCOC(=O)COc1ccc(C=NNC(=O)c2cc(OC)cc(OC)c2)cc1OCC. The monoisotopic (exact) mass is 430 g/mol. The molecule has 1 amide bonds. The molecule has 9 heteroatoms. The second-order valence-electron chi connectivity index (χ2n) is 6.03. The summed E-state index contributed by atoms with van der Waals surface area (Å²) in [5.41, 5.74) is 3.46. The fourth-order valence-electron chi connectivity index (χ4n) is 2.50. The standard InChI is InChI=1S/C22H26N2O7/c1-5-29-20-9-15(7-8-19(20)31-14-21(25)30-6-2)13-23-24-22(26)16-10-17(27-3)12-18(11-16)28-4/h7-13H,5-6,14H2,1-4H3,(H,24,26). The van der Waals surface area contributed by atoms with Crippen LogP contribution in [-0.2, 0) is 9.53 Å². The van der Waals surface area contributed by atoms with Crippen LogP contribution in [0.5, 0.6) is 23.0 Å². The Hall–Kier alpha value is -3.75. The number of methoxy groups -OCH3 is 2. The van der Waals surface area contributed by atoms with Crippen molar-refractivity contribution in [1.29, 1.82) is 0 Å². The Morgan fingerprint density at radius 3 is 2.26 bits per heavy atom. The van der Waals surface area contributed by atoms with Gasteiger partial charge in [-0.1, -0.05) is 0 Å². The van der Waals surface area contributed by atoms with E-state index >= 15 is 0 Å². The summed E-state index contributed by atoms with van der Waals surface area (Å²) in [6.45, 7) is 4.02. The zero-order chi connectivity index (χ0) is 22.6. The Morgan fingerprint density at radius 1 is 0.935 bits per heavy atom. The van der Waals surface area contributed by atoms with Crippen LogP contribution in [0.4, 0.5) is 0 Å². The van der Waals surface area contributed by atoms with Crippen molar-refractivity contribution in [2.45, 2.75) is 13.8 Å². The molecule has 0 heterocycles. The van der Waals surface area contributed by atoms with Crippen molar-refractivity contribution in [3.8, 4) is 23.0 Å². The number of carbonyl (C=O) groups is 2. The minimum atomic E-state index is -0.465. The van der Waals surface area contributed by atoms with Crippen molar-refractivity contribution in [3.63, 3.8) is 0 Å². The zero-order valence-electron chi connectivity index (χ0n) is 18.0. The molecule has 2 aromatic rings. The van der Waals surface area contributed by atoms with E-state index in [1.54, 1.807) is 43.3 Å². The smallest absolute Gasteiger partial charge is 0.344 e. The third-order valence-electron chi connectivity index (χ3n) is 3.91. The van der Waals surface area contributed by atoms with E-state index in [2.05, 4.69) is 10.5 Å². The molecule has 0 bridgehead atoms. The lowest BCUT2D eigenvalue weighted by Gasteiger charge is -2.12. The number of nitrogens with zero attached hydrogens (tertiary/aromatic N) is 1. The average Bonchev–Trinajstić information content (AvgIpc) is 2.78. The van der Waals surface area contributed by atoms with E-state index in [4.69, 9.17) is 23.7 Å². The maximum atomic E-state index is 12.4. The van der Waals surface area contributed by atoms with E-state index in [0.717, 1.165) is 0 Å². The van der Waals surface area contributed by atoms with Crippen LogP contribution in [0.1, 0.15) is 29.8 Å². The van der Waals surface area contributed by atoms with Crippen LogP contribution in [0.15, 0.2) is 41.5 Å². The highest BCUT2D eigenvalue weighted by Crippen LogP contribution is 2.28. The largest absolute Gasteiger partial charge is 0.497 e. The highest BCUT2D eigenvalue weighted by atomic mass is 16.6. The third-order valence-corrected chi connectivity index (χ3v) is 3.91. The Bertz CT molecular complexity index is 906. The van der Waals surface area contributed by atoms with Crippen LogP contribution < -0.4 is 24.4 Å². The number of nitrogens with one attached hydrogen (secondary N) is 1. The molecule has 0 aliphatic heterocycles. The number of rotatable bonds is 11. The summed E-state index contributed by atoms with van der Waals surface area (Å²) in [5.74, 6) is 0.945. The summed E-state index contributed by atoms with van der Waals surface area (Å²) >= 11 is 0. The van der Waals surface area contributed by atoms with Crippen LogP contribution in [-0.4, -0.2) is 52.1 Å². The molecule has 1 N–H and O–H groups in total. The first-order chi connectivity index (χ1) is 15.0. The minimum Gasteiger partial charge on any atom is -0.497 e. The number of esters is 1. The zero-order valence-corrected chi connectivity index (χ0v) is 18.0. The number of ether oxygens (including phenoxy) is 5. The molecule has 0 spiro atoms. The molecule has 0 fully saturated rings. The van der Waals surface area contributed by atoms with E-state index in [9.17, 15) is 9.59 Å². The van der Waals surface area contributed by atoms with Gasteiger partial charge in [0.2, 0.25) is 0 Å². The van der Waals surface area contributed by atoms with Gasteiger partial charge in [-0.05, 0) is 49.7 Å². The Balaban J connectivity index is 2.07. The first-order valence-corrected chi connectivity index (χ1v) is 9.62. The van der Waals surface area contributed by atoms with Gasteiger partial charge >= 0.3 is 5.97 Å². The third kappa shape index (κ3) is 7.22. The molecule has 0 aromatic heterocycles. The number of benzene rings is 2. The van der Waals surface area contributed by atoms with Crippen LogP contribution in [0.2, 0.25) is 0 Å². The lowest BCUT2D eigenvalue weighted by Crippen LogP contribution is -2.17. The van der Waals surface area contributed by atoms with Crippen molar-refractivity contribution < 1.29 is 33.3 Å². The summed E-state index contributed by atoms with van der Waals surface area (Å²) < 4.78 is 26.2. The molecule has 0 unspecified atom stereocenters. The van der Waals surface area contributed by atoms with Gasteiger partial charge in [0.15, 0.2) is 18.1 Å². The summed E-state index contributed by atoms with van der Waals surface area (Å²) in [5, 5.41) is 3.98. The molecule has 9 nitrogen and oxygen atoms in total. The second kappa shape index (κ2) is 12.1. The molecule has 31 heavy (non-hydrogen) atoms. The highest BCUT2D eigenvalue weighted by Gasteiger charge is 2.11. The molecular weight excluding hydrogens is 404 g/mol. The van der Waals surface area contributed by atoms with Crippen molar-refractivity contribution in [2.75, 3.05) is 34.0 Å². The van der Waals surface area contributed by atoms with Gasteiger partial charge in [-0.2, -0.15) is 5.10 Å². The number of carbonyl (C=O) groups excluding carboxylic acids is 2. The summed E-state index contributed by atoms with van der Waals surface area (Å²) in [4.78, 5) is 23.9. The second-order valence-corrected chi connectivity index (χ2v) is 6.03. The van der Waals surface area contributed by atoms with Crippen LogP contribution in [0, 0.1) is 0 Å².